The number of nitrogens with zero attached hydrogens (tertiary/aromatic N) is 2. The van der Waals surface area contributed by atoms with Crippen LogP contribution in [0.15, 0.2) is 41.7 Å². The van der Waals surface area contributed by atoms with E-state index >= 15 is 0 Å². The van der Waals surface area contributed by atoms with Gasteiger partial charge in [0.25, 0.3) is 0 Å². The second kappa shape index (κ2) is 7.67. The molecular formula is C17H23IN4. The molecule has 22 heavy (non-hydrogen) atoms. The number of anilines is 1. The van der Waals surface area contributed by atoms with Gasteiger partial charge in [-0.3, -0.25) is 0 Å². The van der Waals surface area contributed by atoms with E-state index in [1.165, 1.54) is 30.4 Å². The fourth-order valence-corrected chi connectivity index (χ4v) is 2.91. The highest BCUT2D eigenvalue weighted by atomic mass is 127. The summed E-state index contributed by atoms with van der Waals surface area (Å²) in [5.74, 6) is 0.484. The van der Waals surface area contributed by atoms with Crippen LogP contribution in [0.4, 0.5) is 5.69 Å². The van der Waals surface area contributed by atoms with Crippen molar-refractivity contribution in [1.82, 2.24) is 4.57 Å². The molecule has 0 bridgehead atoms. The number of fused-ring (bicyclic) bond motifs is 1. The lowest BCUT2D eigenvalue weighted by atomic mass is 9.90. The van der Waals surface area contributed by atoms with Crippen molar-refractivity contribution in [2.45, 2.75) is 32.2 Å². The number of aryl methyl sites for hydroxylation is 2. The SMILES string of the molecule is Cn1ccc(CN=C(N)Nc2cccc3c2CCCC3)c1.I. The minimum atomic E-state index is 0. The Labute approximate surface area is 148 Å². The molecule has 0 amide bonds. The Kier molecular flexibility index (Phi) is 5.88. The molecule has 1 aromatic heterocycles. The summed E-state index contributed by atoms with van der Waals surface area (Å²) in [6.07, 6.45) is 8.92. The van der Waals surface area contributed by atoms with E-state index in [0.717, 1.165) is 17.7 Å². The zero-order valence-corrected chi connectivity index (χ0v) is 15.2. The first-order valence-corrected chi connectivity index (χ1v) is 7.51. The van der Waals surface area contributed by atoms with E-state index in [1.807, 2.05) is 17.8 Å². The number of halogens is 1. The van der Waals surface area contributed by atoms with Gasteiger partial charge >= 0.3 is 0 Å². The van der Waals surface area contributed by atoms with Gasteiger partial charge in [-0.25, -0.2) is 4.99 Å². The van der Waals surface area contributed by atoms with Crippen molar-refractivity contribution in [2.75, 3.05) is 5.32 Å². The summed E-state index contributed by atoms with van der Waals surface area (Å²) in [4.78, 5) is 4.42. The Hall–Kier alpha value is -1.50. The molecule has 3 N–H and O–H groups in total. The van der Waals surface area contributed by atoms with Gasteiger partial charge in [-0.15, -0.1) is 24.0 Å². The fraction of sp³-hybridized carbons (Fsp3) is 0.353. The lowest BCUT2D eigenvalue weighted by molar-refractivity contribution is 0.687. The van der Waals surface area contributed by atoms with Crippen LogP contribution in [0.2, 0.25) is 0 Å². The summed E-state index contributed by atoms with van der Waals surface area (Å²) in [7, 11) is 2.01. The minimum Gasteiger partial charge on any atom is -0.370 e. The van der Waals surface area contributed by atoms with E-state index in [4.69, 9.17) is 5.73 Å². The van der Waals surface area contributed by atoms with E-state index in [9.17, 15) is 0 Å². The van der Waals surface area contributed by atoms with Crippen LogP contribution < -0.4 is 11.1 Å². The van der Waals surface area contributed by atoms with Gasteiger partial charge in [0, 0.05) is 25.1 Å². The minimum absolute atomic E-state index is 0. The van der Waals surface area contributed by atoms with Crippen LogP contribution in [0.5, 0.6) is 0 Å². The van der Waals surface area contributed by atoms with E-state index in [-0.39, 0.29) is 24.0 Å². The quantitative estimate of drug-likeness (QED) is 0.463. The molecule has 0 saturated carbocycles. The first kappa shape index (κ1) is 16.9. The van der Waals surface area contributed by atoms with Crippen LogP contribution in [-0.2, 0) is 26.4 Å². The van der Waals surface area contributed by atoms with Crippen LogP contribution >= 0.6 is 24.0 Å². The molecule has 0 unspecified atom stereocenters. The number of guanidine groups is 1. The normalized spacial score (nSPS) is 14.1. The molecule has 0 saturated heterocycles. The highest BCUT2D eigenvalue weighted by Gasteiger charge is 2.12. The molecule has 0 fully saturated rings. The molecule has 1 aliphatic carbocycles. The van der Waals surface area contributed by atoms with Crippen molar-refractivity contribution in [2.24, 2.45) is 17.8 Å². The molecule has 5 heteroatoms. The van der Waals surface area contributed by atoms with Gasteiger partial charge in [-0.05, 0) is 54.5 Å². The van der Waals surface area contributed by atoms with E-state index < -0.39 is 0 Å². The van der Waals surface area contributed by atoms with Crippen molar-refractivity contribution >= 4 is 35.6 Å². The van der Waals surface area contributed by atoms with Crippen LogP contribution in [-0.4, -0.2) is 10.5 Å². The summed E-state index contributed by atoms with van der Waals surface area (Å²) in [6.45, 7) is 0.606. The molecule has 1 aliphatic rings. The maximum Gasteiger partial charge on any atom is 0.193 e. The number of aliphatic imine (C=N–C) groups is 1. The fourth-order valence-electron chi connectivity index (χ4n) is 2.91. The Morgan fingerprint density at radius 2 is 2.09 bits per heavy atom. The number of aromatic nitrogens is 1. The summed E-state index contributed by atoms with van der Waals surface area (Å²) < 4.78 is 2.02. The molecule has 118 valence electrons. The molecule has 0 aliphatic heterocycles. The smallest absolute Gasteiger partial charge is 0.193 e. The zero-order valence-electron chi connectivity index (χ0n) is 12.9. The van der Waals surface area contributed by atoms with Crippen molar-refractivity contribution in [1.29, 1.82) is 0 Å². The second-order valence-electron chi connectivity index (χ2n) is 5.66. The number of rotatable bonds is 3. The monoisotopic (exact) mass is 410 g/mol. The van der Waals surface area contributed by atoms with Crippen LogP contribution in [0.1, 0.15) is 29.5 Å². The van der Waals surface area contributed by atoms with Crippen molar-refractivity contribution in [3.05, 3.63) is 53.3 Å². The topological polar surface area (TPSA) is 55.3 Å². The molecule has 0 atom stereocenters. The predicted molar refractivity (Wildman–Crippen MR) is 103 cm³/mol. The third kappa shape index (κ3) is 4.03. The maximum absolute atomic E-state index is 6.03. The average molecular weight is 410 g/mol. The molecule has 4 nitrogen and oxygen atoms in total. The standard InChI is InChI=1S/C17H22N4.HI/c1-21-10-9-13(12-21)11-19-17(18)20-16-8-4-6-14-5-2-3-7-15(14)16;/h4,6,8-10,12H,2-3,5,7,11H2,1H3,(H3,18,19,20);1H. The van der Waals surface area contributed by atoms with Crippen LogP contribution in [0, 0.1) is 0 Å². The Bertz CT molecular complexity index is 660. The lowest BCUT2D eigenvalue weighted by Gasteiger charge is -2.19. The van der Waals surface area contributed by atoms with Gasteiger partial charge in [-0.1, -0.05) is 12.1 Å². The largest absolute Gasteiger partial charge is 0.370 e. The molecule has 0 spiro atoms. The molecule has 3 rings (SSSR count). The van der Waals surface area contributed by atoms with E-state index in [1.54, 1.807) is 0 Å². The van der Waals surface area contributed by atoms with Gasteiger partial charge in [-0.2, -0.15) is 0 Å². The highest BCUT2D eigenvalue weighted by molar-refractivity contribution is 14.0. The van der Waals surface area contributed by atoms with Crippen molar-refractivity contribution < 1.29 is 0 Å². The average Bonchev–Trinajstić information content (AvgIpc) is 2.91. The molecule has 2 aromatic rings. The number of nitrogens with two attached hydrogens (primary N) is 1. The van der Waals surface area contributed by atoms with Crippen LogP contribution in [0.3, 0.4) is 0 Å². The third-order valence-electron chi connectivity index (χ3n) is 3.98. The van der Waals surface area contributed by atoms with Gasteiger partial charge in [0.2, 0.25) is 0 Å². The summed E-state index contributed by atoms with van der Waals surface area (Å²) >= 11 is 0. The highest BCUT2D eigenvalue weighted by Crippen LogP contribution is 2.27. The van der Waals surface area contributed by atoms with Crippen molar-refractivity contribution in [3.63, 3.8) is 0 Å². The predicted octanol–water partition coefficient (Wildman–Crippen LogP) is 3.45. The first-order chi connectivity index (χ1) is 10.2. The molecular weight excluding hydrogens is 387 g/mol. The zero-order chi connectivity index (χ0) is 14.7. The molecule has 0 radical (unpaired) electrons. The van der Waals surface area contributed by atoms with Crippen molar-refractivity contribution in [3.8, 4) is 0 Å². The number of nitrogens with one attached hydrogen (secondary N) is 1. The lowest BCUT2D eigenvalue weighted by Crippen LogP contribution is -2.24. The van der Waals surface area contributed by atoms with Gasteiger partial charge in [0.05, 0.1) is 6.54 Å². The Balaban J connectivity index is 0.00000176. The van der Waals surface area contributed by atoms with Crippen LogP contribution in [0.25, 0.3) is 0 Å². The molecule has 1 heterocycles. The summed E-state index contributed by atoms with van der Waals surface area (Å²) in [6, 6.07) is 8.46. The van der Waals surface area contributed by atoms with E-state index in [2.05, 4.69) is 40.8 Å². The molecule has 1 aromatic carbocycles. The summed E-state index contributed by atoms with van der Waals surface area (Å²) in [5, 5.41) is 3.27. The second-order valence-corrected chi connectivity index (χ2v) is 5.66. The first-order valence-electron chi connectivity index (χ1n) is 7.51. The Morgan fingerprint density at radius 1 is 1.27 bits per heavy atom. The van der Waals surface area contributed by atoms with Gasteiger partial charge in [0.15, 0.2) is 5.96 Å². The third-order valence-corrected chi connectivity index (χ3v) is 3.98. The van der Waals surface area contributed by atoms with Gasteiger partial charge < -0.3 is 15.6 Å². The maximum atomic E-state index is 6.03. The number of hydrogen-bond donors (Lipinski definition) is 2. The number of benzene rings is 1. The Morgan fingerprint density at radius 3 is 2.86 bits per heavy atom. The summed E-state index contributed by atoms with van der Waals surface area (Å²) in [5.41, 5.74) is 11.2. The van der Waals surface area contributed by atoms with Gasteiger partial charge in [0.1, 0.15) is 0 Å². The number of hydrogen-bond acceptors (Lipinski definition) is 1. The van der Waals surface area contributed by atoms with E-state index in [0.29, 0.717) is 12.5 Å².